The summed E-state index contributed by atoms with van der Waals surface area (Å²) in [4.78, 5) is 5.46. The van der Waals surface area contributed by atoms with Gasteiger partial charge in [-0.1, -0.05) is 12.1 Å². The minimum Gasteiger partial charge on any atom is -0.356 e. The smallest absolute Gasteiger partial charge is 0.191 e. The number of aryl methyl sites for hydroxylation is 1. The van der Waals surface area contributed by atoms with E-state index in [2.05, 4.69) is 27.1 Å². The molecule has 0 saturated heterocycles. The van der Waals surface area contributed by atoms with Gasteiger partial charge in [-0.25, -0.2) is 4.39 Å². The molecule has 0 radical (unpaired) electrons. The molecular weight excluding hydrogens is 412 g/mol. The van der Waals surface area contributed by atoms with Crippen molar-refractivity contribution in [2.75, 3.05) is 13.6 Å². The summed E-state index contributed by atoms with van der Waals surface area (Å²) in [6.45, 7) is 3.46. The predicted molar refractivity (Wildman–Crippen MR) is 103 cm³/mol. The van der Waals surface area contributed by atoms with Crippen molar-refractivity contribution >= 4 is 41.3 Å². The van der Waals surface area contributed by atoms with Gasteiger partial charge in [0, 0.05) is 18.5 Å². The average Bonchev–Trinajstić information content (AvgIpc) is 2.98. The Morgan fingerprint density at radius 3 is 2.73 bits per heavy atom. The van der Waals surface area contributed by atoms with Crippen LogP contribution in [0.5, 0.6) is 0 Å². The maximum absolute atomic E-state index is 13.0. The predicted octanol–water partition coefficient (Wildman–Crippen LogP) is 3.72. The van der Waals surface area contributed by atoms with Crippen LogP contribution in [0.4, 0.5) is 4.39 Å². The highest BCUT2D eigenvalue weighted by Crippen LogP contribution is 2.10. The lowest BCUT2D eigenvalue weighted by Gasteiger charge is -2.12. The van der Waals surface area contributed by atoms with Crippen molar-refractivity contribution in [3.05, 3.63) is 57.5 Å². The van der Waals surface area contributed by atoms with Crippen LogP contribution in [0.25, 0.3) is 0 Å². The van der Waals surface area contributed by atoms with Crippen molar-refractivity contribution in [1.82, 2.24) is 10.6 Å². The number of benzene rings is 1. The van der Waals surface area contributed by atoms with Crippen LogP contribution in [-0.2, 0) is 13.0 Å². The Balaban J connectivity index is 0.00000242. The first-order valence-electron chi connectivity index (χ1n) is 6.91. The molecule has 1 aromatic heterocycles. The quantitative estimate of drug-likeness (QED) is 0.429. The molecule has 0 amide bonds. The Morgan fingerprint density at radius 1 is 1.27 bits per heavy atom. The number of aliphatic imine (C=N–C) groups is 1. The topological polar surface area (TPSA) is 36.4 Å². The van der Waals surface area contributed by atoms with Crippen LogP contribution < -0.4 is 10.6 Å². The maximum atomic E-state index is 13.0. The molecule has 1 aromatic carbocycles. The van der Waals surface area contributed by atoms with Crippen molar-refractivity contribution in [3.8, 4) is 0 Å². The summed E-state index contributed by atoms with van der Waals surface area (Å²) < 4.78 is 13.0. The maximum Gasteiger partial charge on any atom is 0.191 e. The van der Waals surface area contributed by atoms with Gasteiger partial charge in [-0.3, -0.25) is 4.99 Å². The number of thiophene rings is 1. The molecule has 0 aliphatic carbocycles. The highest BCUT2D eigenvalue weighted by molar-refractivity contribution is 14.0. The fourth-order valence-corrected chi connectivity index (χ4v) is 2.70. The molecule has 0 fully saturated rings. The van der Waals surface area contributed by atoms with Gasteiger partial charge in [-0.05, 0) is 48.1 Å². The van der Waals surface area contributed by atoms with E-state index in [4.69, 9.17) is 0 Å². The zero-order valence-corrected chi connectivity index (χ0v) is 15.9. The number of guanidine groups is 1. The summed E-state index contributed by atoms with van der Waals surface area (Å²) in [6.07, 6.45) is 0.839. The van der Waals surface area contributed by atoms with E-state index in [1.807, 2.05) is 19.1 Å². The van der Waals surface area contributed by atoms with E-state index in [0.717, 1.165) is 36.6 Å². The standard InChI is InChI=1S/C16H20FN3S.HI/c1-12-10-14(17)6-5-13(12)7-8-19-16(18-2)20-11-15-4-3-9-21-15;/h3-6,9-10H,7-8,11H2,1-2H3,(H2,18,19,20);1H. The Morgan fingerprint density at radius 2 is 2.09 bits per heavy atom. The molecule has 6 heteroatoms. The molecule has 120 valence electrons. The third kappa shape index (κ3) is 5.92. The van der Waals surface area contributed by atoms with Crippen molar-refractivity contribution in [1.29, 1.82) is 0 Å². The fraction of sp³-hybridized carbons (Fsp3) is 0.312. The number of hydrogen-bond donors (Lipinski definition) is 2. The summed E-state index contributed by atoms with van der Waals surface area (Å²) in [6, 6.07) is 9.04. The molecule has 0 atom stereocenters. The van der Waals surface area contributed by atoms with E-state index in [-0.39, 0.29) is 29.8 Å². The zero-order chi connectivity index (χ0) is 15.1. The molecule has 22 heavy (non-hydrogen) atoms. The third-order valence-electron chi connectivity index (χ3n) is 3.23. The van der Waals surface area contributed by atoms with Crippen LogP contribution in [-0.4, -0.2) is 19.6 Å². The van der Waals surface area contributed by atoms with E-state index in [1.165, 1.54) is 10.9 Å². The second kappa shape index (κ2) is 9.78. The van der Waals surface area contributed by atoms with Gasteiger partial charge >= 0.3 is 0 Å². The molecule has 0 aliphatic heterocycles. The largest absolute Gasteiger partial charge is 0.356 e. The normalized spacial score (nSPS) is 11.0. The number of rotatable bonds is 5. The second-order valence-corrected chi connectivity index (χ2v) is 5.78. The molecule has 2 aromatic rings. The van der Waals surface area contributed by atoms with Gasteiger partial charge in [0.1, 0.15) is 5.82 Å². The van der Waals surface area contributed by atoms with Gasteiger partial charge in [0.15, 0.2) is 5.96 Å². The summed E-state index contributed by atoms with van der Waals surface area (Å²) in [5.41, 5.74) is 2.14. The van der Waals surface area contributed by atoms with E-state index >= 15 is 0 Å². The van der Waals surface area contributed by atoms with Crippen molar-refractivity contribution < 1.29 is 4.39 Å². The third-order valence-corrected chi connectivity index (χ3v) is 4.10. The molecule has 0 bridgehead atoms. The van der Waals surface area contributed by atoms with Crippen LogP contribution >= 0.6 is 35.3 Å². The lowest BCUT2D eigenvalue weighted by molar-refractivity contribution is 0.625. The lowest BCUT2D eigenvalue weighted by Crippen LogP contribution is -2.37. The molecule has 2 rings (SSSR count). The molecule has 0 aliphatic rings. The number of nitrogens with one attached hydrogen (secondary N) is 2. The van der Waals surface area contributed by atoms with Crippen LogP contribution in [0, 0.1) is 12.7 Å². The van der Waals surface area contributed by atoms with Gasteiger partial charge in [-0.2, -0.15) is 0 Å². The summed E-state index contributed by atoms with van der Waals surface area (Å²) in [5.74, 6) is 0.598. The van der Waals surface area contributed by atoms with Gasteiger partial charge in [0.2, 0.25) is 0 Å². The Kier molecular flexibility index (Phi) is 8.40. The van der Waals surface area contributed by atoms with Gasteiger partial charge in [0.05, 0.1) is 6.54 Å². The highest BCUT2D eigenvalue weighted by atomic mass is 127. The van der Waals surface area contributed by atoms with Crippen molar-refractivity contribution in [3.63, 3.8) is 0 Å². The van der Waals surface area contributed by atoms with Crippen LogP contribution in [0.3, 0.4) is 0 Å². The SMILES string of the molecule is CN=C(NCCc1ccc(F)cc1C)NCc1cccs1.I. The molecule has 0 spiro atoms. The fourth-order valence-electron chi connectivity index (χ4n) is 2.06. The van der Waals surface area contributed by atoms with E-state index in [0.29, 0.717) is 0 Å². The van der Waals surface area contributed by atoms with E-state index in [1.54, 1.807) is 24.5 Å². The first kappa shape index (κ1) is 18.9. The Bertz CT molecular complexity index is 599. The van der Waals surface area contributed by atoms with Crippen LogP contribution in [0.15, 0.2) is 40.7 Å². The number of hydrogen-bond acceptors (Lipinski definition) is 2. The monoisotopic (exact) mass is 433 g/mol. The lowest BCUT2D eigenvalue weighted by atomic mass is 10.1. The Hall–Kier alpha value is -1.15. The zero-order valence-electron chi connectivity index (χ0n) is 12.7. The first-order chi connectivity index (χ1) is 10.2. The minimum atomic E-state index is -0.183. The molecule has 2 N–H and O–H groups in total. The number of halogens is 2. The minimum absolute atomic E-state index is 0. The second-order valence-electron chi connectivity index (χ2n) is 4.75. The van der Waals surface area contributed by atoms with Crippen molar-refractivity contribution in [2.24, 2.45) is 4.99 Å². The molecule has 1 heterocycles. The van der Waals surface area contributed by atoms with E-state index < -0.39 is 0 Å². The molecular formula is C16H21FIN3S. The van der Waals surface area contributed by atoms with E-state index in [9.17, 15) is 4.39 Å². The van der Waals surface area contributed by atoms with Crippen molar-refractivity contribution in [2.45, 2.75) is 19.9 Å². The molecule has 0 saturated carbocycles. The first-order valence-corrected chi connectivity index (χ1v) is 7.79. The van der Waals surface area contributed by atoms with Crippen LogP contribution in [0.2, 0.25) is 0 Å². The van der Waals surface area contributed by atoms with Gasteiger partial charge in [-0.15, -0.1) is 35.3 Å². The highest BCUT2D eigenvalue weighted by Gasteiger charge is 2.02. The summed E-state index contributed by atoms with van der Waals surface area (Å²) >= 11 is 1.72. The Labute approximate surface area is 152 Å². The van der Waals surface area contributed by atoms with Gasteiger partial charge in [0.25, 0.3) is 0 Å². The molecule has 3 nitrogen and oxygen atoms in total. The number of nitrogens with zero attached hydrogens (tertiary/aromatic N) is 1. The summed E-state index contributed by atoms with van der Waals surface area (Å²) in [7, 11) is 1.76. The summed E-state index contributed by atoms with van der Waals surface area (Å²) in [5, 5.41) is 8.60. The molecule has 0 unspecified atom stereocenters. The average molecular weight is 433 g/mol. The van der Waals surface area contributed by atoms with Crippen LogP contribution in [0.1, 0.15) is 16.0 Å². The van der Waals surface area contributed by atoms with Gasteiger partial charge < -0.3 is 10.6 Å².